The Morgan fingerprint density at radius 3 is 2.65 bits per heavy atom. The zero-order valence-electron chi connectivity index (χ0n) is 15.6. The van der Waals surface area contributed by atoms with E-state index in [0.29, 0.717) is 30.6 Å². The lowest BCUT2D eigenvalue weighted by molar-refractivity contribution is 0.311. The fraction of sp³-hybridized carbons (Fsp3) is 0.350. The lowest BCUT2D eigenvalue weighted by Gasteiger charge is -2.14. The van der Waals surface area contributed by atoms with Crippen molar-refractivity contribution in [3.05, 3.63) is 48.0 Å². The van der Waals surface area contributed by atoms with Crippen molar-refractivity contribution < 1.29 is 14.6 Å². The van der Waals surface area contributed by atoms with Crippen molar-refractivity contribution in [2.24, 2.45) is 4.99 Å². The van der Waals surface area contributed by atoms with Gasteiger partial charge in [0.2, 0.25) is 0 Å². The molecule has 0 saturated heterocycles. The van der Waals surface area contributed by atoms with Gasteiger partial charge in [0.05, 0.1) is 13.7 Å². The van der Waals surface area contributed by atoms with Gasteiger partial charge in [0, 0.05) is 24.8 Å². The highest BCUT2D eigenvalue weighted by Crippen LogP contribution is 2.30. The quantitative estimate of drug-likeness (QED) is 0.499. The van der Waals surface area contributed by atoms with Gasteiger partial charge < -0.3 is 25.2 Å². The molecular weight excluding hydrogens is 330 g/mol. The van der Waals surface area contributed by atoms with E-state index in [1.54, 1.807) is 19.2 Å². The van der Waals surface area contributed by atoms with Gasteiger partial charge in [0.1, 0.15) is 5.75 Å². The van der Waals surface area contributed by atoms with Gasteiger partial charge >= 0.3 is 0 Å². The number of methoxy groups -OCH3 is 1. The van der Waals surface area contributed by atoms with Gasteiger partial charge in [0.15, 0.2) is 17.5 Å². The van der Waals surface area contributed by atoms with Crippen LogP contribution in [0, 0.1) is 0 Å². The Bertz CT molecular complexity index is 732. The van der Waals surface area contributed by atoms with Gasteiger partial charge in [0.25, 0.3) is 0 Å². The Balaban J connectivity index is 2.04. The summed E-state index contributed by atoms with van der Waals surface area (Å²) in [6.45, 7) is 5.90. The molecule has 0 amide bonds. The fourth-order valence-electron chi connectivity index (χ4n) is 2.47. The number of aromatic hydroxyl groups is 1. The van der Waals surface area contributed by atoms with Crippen LogP contribution in [0.4, 0.5) is 5.69 Å². The molecule has 3 N–H and O–H groups in total. The predicted molar refractivity (Wildman–Crippen MR) is 106 cm³/mol. The molecule has 2 aromatic rings. The predicted octanol–water partition coefficient (Wildman–Crippen LogP) is 3.42. The molecule has 0 aliphatic rings. The third kappa shape index (κ3) is 5.88. The Morgan fingerprint density at radius 2 is 1.96 bits per heavy atom. The summed E-state index contributed by atoms with van der Waals surface area (Å²) >= 11 is 0. The summed E-state index contributed by atoms with van der Waals surface area (Å²) in [6, 6.07) is 12.9. The zero-order chi connectivity index (χ0) is 18.8. The van der Waals surface area contributed by atoms with Crippen LogP contribution in [0.1, 0.15) is 19.4 Å². The van der Waals surface area contributed by atoms with Crippen molar-refractivity contribution in [2.45, 2.75) is 20.3 Å². The van der Waals surface area contributed by atoms with Gasteiger partial charge in [-0.1, -0.05) is 12.1 Å². The van der Waals surface area contributed by atoms with E-state index in [2.05, 4.69) is 15.6 Å². The number of nitrogens with one attached hydrogen (secondary N) is 2. The normalized spacial score (nSPS) is 11.1. The highest BCUT2D eigenvalue weighted by Gasteiger charge is 2.07. The molecule has 0 fully saturated rings. The first-order valence-electron chi connectivity index (χ1n) is 8.80. The first-order chi connectivity index (χ1) is 12.7. The average Bonchev–Trinajstić information content (AvgIpc) is 2.63. The van der Waals surface area contributed by atoms with E-state index in [9.17, 15) is 5.11 Å². The summed E-state index contributed by atoms with van der Waals surface area (Å²) < 4.78 is 10.9. The van der Waals surface area contributed by atoms with Crippen LogP contribution >= 0.6 is 0 Å². The molecule has 0 spiro atoms. The lowest BCUT2D eigenvalue weighted by atomic mass is 10.1. The number of nitrogens with zero attached hydrogens (tertiary/aromatic N) is 1. The standard InChI is InChI=1S/C20H27N3O3/c1-4-21-20(22-12-11-15-7-6-8-17(24)13-15)23-16-9-10-18(26-5-2)19(14-16)25-3/h6-10,13-14,24H,4-5,11-12H2,1-3H3,(H2,21,22,23). The molecule has 0 aliphatic heterocycles. The monoisotopic (exact) mass is 357 g/mol. The number of hydrogen-bond donors (Lipinski definition) is 3. The summed E-state index contributed by atoms with van der Waals surface area (Å²) in [4.78, 5) is 4.59. The van der Waals surface area contributed by atoms with E-state index in [-0.39, 0.29) is 5.75 Å². The Morgan fingerprint density at radius 1 is 1.12 bits per heavy atom. The molecule has 0 bridgehead atoms. The maximum absolute atomic E-state index is 9.53. The van der Waals surface area contributed by atoms with E-state index in [4.69, 9.17) is 9.47 Å². The molecule has 2 aromatic carbocycles. The van der Waals surface area contributed by atoms with E-state index < -0.39 is 0 Å². The van der Waals surface area contributed by atoms with E-state index in [1.165, 1.54) is 0 Å². The van der Waals surface area contributed by atoms with Crippen LogP contribution in [0.15, 0.2) is 47.5 Å². The van der Waals surface area contributed by atoms with Crippen LogP contribution in [0.2, 0.25) is 0 Å². The lowest BCUT2D eigenvalue weighted by Crippen LogP contribution is -2.30. The smallest absolute Gasteiger partial charge is 0.195 e. The second-order valence-corrected chi connectivity index (χ2v) is 5.60. The fourth-order valence-corrected chi connectivity index (χ4v) is 2.47. The number of aliphatic imine (C=N–C) groups is 1. The summed E-state index contributed by atoms with van der Waals surface area (Å²) in [6.07, 6.45) is 0.748. The van der Waals surface area contributed by atoms with Crippen LogP contribution in [0.25, 0.3) is 0 Å². The van der Waals surface area contributed by atoms with Gasteiger partial charge in [-0.15, -0.1) is 0 Å². The number of hydrogen-bond acceptors (Lipinski definition) is 4. The minimum absolute atomic E-state index is 0.276. The molecule has 0 heterocycles. The van der Waals surface area contributed by atoms with Gasteiger partial charge in [-0.3, -0.25) is 4.99 Å². The highest BCUT2D eigenvalue weighted by molar-refractivity contribution is 5.93. The zero-order valence-corrected chi connectivity index (χ0v) is 15.6. The molecule has 6 nitrogen and oxygen atoms in total. The number of phenols is 1. The first-order valence-corrected chi connectivity index (χ1v) is 8.80. The van der Waals surface area contributed by atoms with Crippen LogP contribution in [-0.4, -0.2) is 37.9 Å². The minimum atomic E-state index is 0.276. The minimum Gasteiger partial charge on any atom is -0.508 e. The molecule has 6 heteroatoms. The van der Waals surface area contributed by atoms with Crippen LogP contribution in [0.5, 0.6) is 17.2 Å². The molecule has 0 aromatic heterocycles. The number of ether oxygens (including phenoxy) is 2. The van der Waals surface area contributed by atoms with Crippen LogP contribution < -0.4 is 20.1 Å². The maximum atomic E-state index is 9.53. The molecular formula is C20H27N3O3. The van der Waals surface area contributed by atoms with Gasteiger partial charge in [-0.25, -0.2) is 0 Å². The van der Waals surface area contributed by atoms with Gasteiger partial charge in [-0.05, 0) is 50.1 Å². The van der Waals surface area contributed by atoms with E-state index >= 15 is 0 Å². The van der Waals surface area contributed by atoms with E-state index in [0.717, 1.165) is 24.2 Å². The summed E-state index contributed by atoms with van der Waals surface area (Å²) in [5, 5.41) is 16.0. The second kappa shape index (κ2) is 10.2. The maximum Gasteiger partial charge on any atom is 0.195 e. The number of rotatable bonds is 8. The largest absolute Gasteiger partial charge is 0.508 e. The molecule has 0 aliphatic carbocycles. The summed E-state index contributed by atoms with van der Waals surface area (Å²) in [5.41, 5.74) is 1.91. The van der Waals surface area contributed by atoms with Crippen molar-refractivity contribution in [3.63, 3.8) is 0 Å². The van der Waals surface area contributed by atoms with Crippen molar-refractivity contribution in [1.82, 2.24) is 5.32 Å². The number of benzene rings is 2. The van der Waals surface area contributed by atoms with Crippen molar-refractivity contribution in [2.75, 3.05) is 32.1 Å². The van der Waals surface area contributed by atoms with Crippen molar-refractivity contribution >= 4 is 11.6 Å². The molecule has 0 saturated carbocycles. The second-order valence-electron chi connectivity index (χ2n) is 5.60. The Hall–Kier alpha value is -2.89. The third-order valence-electron chi connectivity index (χ3n) is 3.65. The van der Waals surface area contributed by atoms with Crippen LogP contribution in [0.3, 0.4) is 0 Å². The molecule has 140 valence electrons. The van der Waals surface area contributed by atoms with Crippen molar-refractivity contribution in [1.29, 1.82) is 0 Å². The topological polar surface area (TPSA) is 75.1 Å². The average molecular weight is 357 g/mol. The highest BCUT2D eigenvalue weighted by atomic mass is 16.5. The number of phenolic OH excluding ortho intramolecular Hbond substituents is 1. The van der Waals surface area contributed by atoms with Crippen LogP contribution in [-0.2, 0) is 6.42 Å². The Labute approximate surface area is 154 Å². The molecule has 0 atom stereocenters. The Kier molecular flexibility index (Phi) is 7.61. The summed E-state index contributed by atoms with van der Waals surface area (Å²) in [7, 11) is 1.62. The summed E-state index contributed by atoms with van der Waals surface area (Å²) in [5.74, 6) is 2.36. The SMILES string of the molecule is CCNC(=NCCc1cccc(O)c1)Nc1ccc(OCC)c(OC)c1. The number of anilines is 1. The molecule has 0 radical (unpaired) electrons. The number of guanidine groups is 1. The molecule has 26 heavy (non-hydrogen) atoms. The van der Waals surface area contributed by atoms with E-state index in [1.807, 2.05) is 44.2 Å². The molecule has 0 unspecified atom stereocenters. The molecule has 2 rings (SSSR count). The van der Waals surface area contributed by atoms with Crippen molar-refractivity contribution in [3.8, 4) is 17.2 Å². The van der Waals surface area contributed by atoms with Gasteiger partial charge in [-0.2, -0.15) is 0 Å². The first kappa shape index (κ1) is 19.4. The third-order valence-corrected chi connectivity index (χ3v) is 3.65.